The molecule has 7 heteroatoms. The van der Waals surface area contributed by atoms with Gasteiger partial charge in [-0.1, -0.05) is 6.42 Å². The summed E-state index contributed by atoms with van der Waals surface area (Å²) in [5, 5.41) is 0. The summed E-state index contributed by atoms with van der Waals surface area (Å²) < 4.78 is 29.9. The summed E-state index contributed by atoms with van der Waals surface area (Å²) in [5.41, 5.74) is 5.48. The lowest BCUT2D eigenvalue weighted by Crippen LogP contribution is -2.46. The topological polar surface area (TPSA) is 89.7 Å². The van der Waals surface area contributed by atoms with Gasteiger partial charge < -0.3 is 10.5 Å². The predicted molar refractivity (Wildman–Crippen MR) is 63.8 cm³/mol. The fourth-order valence-electron chi connectivity index (χ4n) is 2.11. The number of nitrogens with zero attached hydrogens (tertiary/aromatic N) is 1. The maximum atomic E-state index is 12.0. The van der Waals surface area contributed by atoms with E-state index in [9.17, 15) is 13.2 Å². The van der Waals surface area contributed by atoms with Crippen LogP contribution in [0.25, 0.3) is 0 Å². The second-order valence-electron chi connectivity index (χ2n) is 4.17. The van der Waals surface area contributed by atoms with Gasteiger partial charge in [0.2, 0.25) is 10.0 Å². The first kappa shape index (κ1) is 14.4. The van der Waals surface area contributed by atoms with Gasteiger partial charge in [0, 0.05) is 12.6 Å². The summed E-state index contributed by atoms with van der Waals surface area (Å²) in [6.07, 6.45) is 3.30. The molecule has 1 aliphatic heterocycles. The number of hydrogen-bond acceptors (Lipinski definition) is 5. The van der Waals surface area contributed by atoms with Gasteiger partial charge in [0.05, 0.1) is 7.11 Å². The highest BCUT2D eigenvalue weighted by atomic mass is 32.2. The first-order chi connectivity index (χ1) is 8.01. The van der Waals surface area contributed by atoms with Gasteiger partial charge in [-0.15, -0.1) is 0 Å². The first-order valence-electron chi connectivity index (χ1n) is 5.77. The van der Waals surface area contributed by atoms with E-state index < -0.39 is 21.7 Å². The average Bonchev–Trinajstić information content (AvgIpc) is 2.29. The molecule has 100 valence electrons. The Kier molecular flexibility index (Phi) is 5.35. The van der Waals surface area contributed by atoms with Crippen LogP contribution in [0.1, 0.15) is 25.7 Å². The van der Waals surface area contributed by atoms with Gasteiger partial charge >= 0.3 is 5.97 Å². The van der Waals surface area contributed by atoms with E-state index in [1.165, 1.54) is 11.4 Å². The molecule has 1 aliphatic rings. The van der Waals surface area contributed by atoms with E-state index in [1.807, 2.05) is 0 Å². The first-order valence-corrected chi connectivity index (χ1v) is 7.38. The third kappa shape index (κ3) is 3.93. The summed E-state index contributed by atoms with van der Waals surface area (Å²) in [4.78, 5) is 11.1. The molecule has 0 bridgehead atoms. The molecule has 0 aliphatic carbocycles. The van der Waals surface area contributed by atoms with Crippen LogP contribution < -0.4 is 5.73 Å². The molecule has 0 saturated carbocycles. The SMILES string of the molecule is COC(=O)CS(=O)(=O)N1CCCCC1CCN. The quantitative estimate of drug-likeness (QED) is 0.688. The van der Waals surface area contributed by atoms with E-state index in [0.717, 1.165) is 19.3 Å². The molecule has 1 fully saturated rings. The predicted octanol–water partition coefficient (Wildman–Crippen LogP) is -0.307. The fraction of sp³-hybridized carbons (Fsp3) is 0.900. The van der Waals surface area contributed by atoms with Crippen LogP contribution >= 0.6 is 0 Å². The molecule has 1 unspecified atom stereocenters. The van der Waals surface area contributed by atoms with Crippen LogP contribution in [-0.2, 0) is 19.6 Å². The van der Waals surface area contributed by atoms with Crippen molar-refractivity contribution in [1.82, 2.24) is 4.31 Å². The molecule has 0 aromatic carbocycles. The van der Waals surface area contributed by atoms with Crippen LogP contribution in [-0.4, -0.2) is 50.7 Å². The minimum Gasteiger partial charge on any atom is -0.468 e. The van der Waals surface area contributed by atoms with Crippen molar-refractivity contribution in [3.05, 3.63) is 0 Å². The number of nitrogens with two attached hydrogens (primary N) is 1. The molecule has 0 amide bonds. The molecule has 1 heterocycles. The van der Waals surface area contributed by atoms with Gasteiger partial charge in [-0.05, 0) is 25.8 Å². The van der Waals surface area contributed by atoms with Crippen LogP contribution in [0.15, 0.2) is 0 Å². The highest BCUT2D eigenvalue weighted by Gasteiger charge is 2.33. The Hall–Kier alpha value is -0.660. The number of carbonyl (C=O) groups is 1. The minimum atomic E-state index is -3.56. The van der Waals surface area contributed by atoms with Crippen LogP contribution in [0.5, 0.6) is 0 Å². The number of methoxy groups -OCH3 is 1. The van der Waals surface area contributed by atoms with Crippen LogP contribution in [0, 0.1) is 0 Å². The molecule has 0 spiro atoms. The highest BCUT2D eigenvalue weighted by molar-refractivity contribution is 7.89. The second kappa shape index (κ2) is 6.32. The maximum absolute atomic E-state index is 12.0. The molecule has 17 heavy (non-hydrogen) atoms. The Bertz CT molecular complexity index is 353. The molecule has 0 aromatic rings. The molecule has 0 aromatic heterocycles. The molecule has 1 atom stereocenters. The normalized spacial score (nSPS) is 22.4. The summed E-state index contributed by atoms with van der Waals surface area (Å²) in [5.74, 6) is -1.30. The Balaban J connectivity index is 2.75. The highest BCUT2D eigenvalue weighted by Crippen LogP contribution is 2.22. The molecule has 2 N–H and O–H groups in total. The van der Waals surface area contributed by atoms with E-state index in [0.29, 0.717) is 19.5 Å². The number of carbonyl (C=O) groups excluding carboxylic acids is 1. The largest absolute Gasteiger partial charge is 0.468 e. The molecule has 1 saturated heterocycles. The van der Waals surface area contributed by atoms with Crippen molar-refractivity contribution in [1.29, 1.82) is 0 Å². The number of hydrogen-bond donors (Lipinski definition) is 1. The number of piperidine rings is 1. The van der Waals surface area contributed by atoms with Gasteiger partial charge in [-0.25, -0.2) is 8.42 Å². The van der Waals surface area contributed by atoms with Crippen molar-refractivity contribution in [3.8, 4) is 0 Å². The lowest BCUT2D eigenvalue weighted by atomic mass is 10.0. The third-order valence-electron chi connectivity index (χ3n) is 2.96. The Morgan fingerprint density at radius 1 is 1.47 bits per heavy atom. The zero-order valence-electron chi connectivity index (χ0n) is 10.1. The Morgan fingerprint density at radius 2 is 2.18 bits per heavy atom. The fourth-order valence-corrected chi connectivity index (χ4v) is 3.77. The minimum absolute atomic E-state index is 0.0663. The van der Waals surface area contributed by atoms with Crippen LogP contribution in [0.4, 0.5) is 0 Å². The average molecular weight is 264 g/mol. The Morgan fingerprint density at radius 3 is 2.76 bits per heavy atom. The van der Waals surface area contributed by atoms with Gasteiger partial charge in [0.1, 0.15) is 0 Å². The summed E-state index contributed by atoms with van der Waals surface area (Å²) in [6.45, 7) is 0.929. The molecule has 1 rings (SSSR count). The van der Waals surface area contributed by atoms with Crippen LogP contribution in [0.2, 0.25) is 0 Å². The smallest absolute Gasteiger partial charge is 0.322 e. The second-order valence-corrected chi connectivity index (χ2v) is 6.09. The summed E-state index contributed by atoms with van der Waals surface area (Å²) in [6, 6.07) is -0.0663. The van der Waals surface area contributed by atoms with Crippen molar-refractivity contribution in [3.63, 3.8) is 0 Å². The maximum Gasteiger partial charge on any atom is 0.322 e. The number of sulfonamides is 1. The summed E-state index contributed by atoms with van der Waals surface area (Å²) >= 11 is 0. The van der Waals surface area contributed by atoms with E-state index in [-0.39, 0.29) is 6.04 Å². The van der Waals surface area contributed by atoms with E-state index in [2.05, 4.69) is 4.74 Å². The molecular weight excluding hydrogens is 244 g/mol. The van der Waals surface area contributed by atoms with Crippen molar-refractivity contribution in [2.45, 2.75) is 31.7 Å². The third-order valence-corrected chi connectivity index (χ3v) is 4.75. The number of ether oxygens (including phenoxy) is 1. The monoisotopic (exact) mass is 264 g/mol. The van der Waals surface area contributed by atoms with Crippen molar-refractivity contribution >= 4 is 16.0 Å². The van der Waals surface area contributed by atoms with Gasteiger partial charge in [-0.3, -0.25) is 4.79 Å². The van der Waals surface area contributed by atoms with Gasteiger partial charge in [-0.2, -0.15) is 4.31 Å². The van der Waals surface area contributed by atoms with E-state index >= 15 is 0 Å². The van der Waals surface area contributed by atoms with Crippen molar-refractivity contribution in [2.24, 2.45) is 5.73 Å². The van der Waals surface area contributed by atoms with Crippen molar-refractivity contribution in [2.75, 3.05) is 26.0 Å². The van der Waals surface area contributed by atoms with Gasteiger partial charge in [0.25, 0.3) is 0 Å². The summed E-state index contributed by atoms with van der Waals surface area (Å²) in [7, 11) is -2.38. The standard InChI is InChI=1S/C10H20N2O4S/c1-16-10(13)8-17(14,15)12-7-3-2-4-9(12)5-6-11/h9H,2-8,11H2,1H3. The zero-order chi connectivity index (χ0) is 12.9. The number of rotatable bonds is 5. The van der Waals surface area contributed by atoms with E-state index in [4.69, 9.17) is 5.73 Å². The van der Waals surface area contributed by atoms with Gasteiger partial charge in [0.15, 0.2) is 5.75 Å². The Labute approximate surface area is 102 Å². The van der Waals surface area contributed by atoms with E-state index in [1.54, 1.807) is 0 Å². The lowest BCUT2D eigenvalue weighted by Gasteiger charge is -2.34. The number of esters is 1. The molecular formula is C10H20N2O4S. The zero-order valence-corrected chi connectivity index (χ0v) is 10.9. The van der Waals surface area contributed by atoms with Crippen molar-refractivity contribution < 1.29 is 17.9 Å². The molecule has 0 radical (unpaired) electrons. The van der Waals surface area contributed by atoms with Crippen LogP contribution in [0.3, 0.4) is 0 Å². The molecule has 6 nitrogen and oxygen atoms in total. The lowest BCUT2D eigenvalue weighted by molar-refractivity contribution is -0.137.